The first-order chi connectivity index (χ1) is 11.0. The Balaban J connectivity index is 2.12. The van der Waals surface area contributed by atoms with Crippen molar-refractivity contribution in [3.8, 4) is 5.75 Å². The van der Waals surface area contributed by atoms with Crippen LogP contribution in [0.1, 0.15) is 11.1 Å². The van der Waals surface area contributed by atoms with Gasteiger partial charge in [0.05, 0.1) is 17.7 Å². The van der Waals surface area contributed by atoms with Crippen molar-refractivity contribution in [3.63, 3.8) is 0 Å². The Bertz CT molecular complexity index is 769. The van der Waals surface area contributed by atoms with Crippen LogP contribution in [0.4, 0.5) is 11.4 Å². The molecule has 0 saturated heterocycles. The van der Waals surface area contributed by atoms with Crippen molar-refractivity contribution in [1.82, 2.24) is 0 Å². The van der Waals surface area contributed by atoms with Gasteiger partial charge in [0.25, 0.3) is 5.69 Å². The maximum Gasteiger partial charge on any atom is 0.270 e. The number of aryl methyl sites for hydroxylation is 1. The number of carbonyl (C=O) groups is 1. The van der Waals surface area contributed by atoms with Crippen LogP contribution >= 0.6 is 0 Å². The highest BCUT2D eigenvalue weighted by Gasteiger charge is 2.07. The van der Waals surface area contributed by atoms with E-state index in [1.54, 1.807) is 24.3 Å². The quantitative estimate of drug-likeness (QED) is 0.520. The molecule has 6 heteroatoms. The average Bonchev–Trinajstić information content (AvgIpc) is 2.53. The van der Waals surface area contributed by atoms with E-state index in [9.17, 15) is 14.9 Å². The summed E-state index contributed by atoms with van der Waals surface area (Å²) in [6.45, 7) is 1.91. The molecule has 0 aromatic heterocycles. The van der Waals surface area contributed by atoms with Crippen LogP contribution in [-0.2, 0) is 4.79 Å². The molecule has 0 aliphatic heterocycles. The zero-order valence-electron chi connectivity index (χ0n) is 12.8. The number of ether oxygens (including phenoxy) is 1. The second-order valence-corrected chi connectivity index (χ2v) is 4.88. The minimum atomic E-state index is -0.477. The van der Waals surface area contributed by atoms with E-state index in [1.165, 1.54) is 31.4 Å². The van der Waals surface area contributed by atoms with Crippen molar-refractivity contribution in [3.05, 3.63) is 69.8 Å². The van der Waals surface area contributed by atoms with Crippen molar-refractivity contribution in [2.45, 2.75) is 6.92 Å². The SMILES string of the molecule is COc1ccc(C)cc1NC(=O)/C=C/c1cccc([N+](=O)[O-])c1. The first-order valence-electron chi connectivity index (χ1n) is 6.88. The molecule has 0 heterocycles. The molecule has 0 unspecified atom stereocenters. The van der Waals surface area contributed by atoms with Crippen LogP contribution in [0, 0.1) is 17.0 Å². The molecule has 23 heavy (non-hydrogen) atoms. The van der Waals surface area contributed by atoms with Crippen molar-refractivity contribution >= 4 is 23.4 Å². The van der Waals surface area contributed by atoms with Gasteiger partial charge in [0, 0.05) is 18.2 Å². The molecule has 0 spiro atoms. The summed E-state index contributed by atoms with van der Waals surface area (Å²) in [7, 11) is 1.53. The number of methoxy groups -OCH3 is 1. The molecule has 2 rings (SSSR count). The first-order valence-corrected chi connectivity index (χ1v) is 6.88. The van der Waals surface area contributed by atoms with Crippen LogP contribution in [0.5, 0.6) is 5.75 Å². The van der Waals surface area contributed by atoms with E-state index in [0.29, 0.717) is 17.0 Å². The van der Waals surface area contributed by atoms with Gasteiger partial charge in [-0.1, -0.05) is 18.2 Å². The molecule has 2 aromatic carbocycles. The number of rotatable bonds is 5. The van der Waals surface area contributed by atoms with Crippen molar-refractivity contribution in [1.29, 1.82) is 0 Å². The minimum Gasteiger partial charge on any atom is -0.495 e. The van der Waals surface area contributed by atoms with Crippen molar-refractivity contribution in [2.75, 3.05) is 12.4 Å². The second kappa shape index (κ2) is 7.22. The lowest BCUT2D eigenvalue weighted by atomic mass is 10.2. The number of hydrogen-bond donors (Lipinski definition) is 1. The summed E-state index contributed by atoms with van der Waals surface area (Å²) in [6, 6.07) is 11.5. The summed E-state index contributed by atoms with van der Waals surface area (Å²) in [4.78, 5) is 22.2. The lowest BCUT2D eigenvalue weighted by molar-refractivity contribution is -0.384. The summed E-state index contributed by atoms with van der Waals surface area (Å²) in [5, 5.41) is 13.4. The molecule has 0 saturated carbocycles. The van der Waals surface area contributed by atoms with Crippen LogP contribution in [0.15, 0.2) is 48.5 Å². The largest absolute Gasteiger partial charge is 0.495 e. The van der Waals surface area contributed by atoms with Crippen LogP contribution in [0.3, 0.4) is 0 Å². The van der Waals surface area contributed by atoms with Gasteiger partial charge in [-0.05, 0) is 36.3 Å². The predicted octanol–water partition coefficient (Wildman–Crippen LogP) is 3.56. The molecular weight excluding hydrogens is 296 g/mol. The van der Waals surface area contributed by atoms with Gasteiger partial charge in [-0.15, -0.1) is 0 Å². The standard InChI is InChI=1S/C17H16N2O4/c1-12-6-8-16(23-2)15(10-12)18-17(20)9-7-13-4-3-5-14(11-13)19(21)22/h3-11H,1-2H3,(H,18,20)/b9-7+. The predicted molar refractivity (Wildman–Crippen MR) is 88.5 cm³/mol. The number of anilines is 1. The third-order valence-corrected chi connectivity index (χ3v) is 3.12. The number of carbonyl (C=O) groups excluding carboxylic acids is 1. The minimum absolute atomic E-state index is 0.0205. The highest BCUT2D eigenvalue weighted by molar-refractivity contribution is 6.02. The van der Waals surface area contributed by atoms with Gasteiger partial charge in [-0.3, -0.25) is 14.9 Å². The molecule has 1 amide bonds. The van der Waals surface area contributed by atoms with E-state index >= 15 is 0 Å². The highest BCUT2D eigenvalue weighted by Crippen LogP contribution is 2.25. The molecule has 118 valence electrons. The molecule has 0 atom stereocenters. The number of amides is 1. The fraction of sp³-hybridized carbons (Fsp3) is 0.118. The number of hydrogen-bond acceptors (Lipinski definition) is 4. The van der Waals surface area contributed by atoms with Crippen molar-refractivity contribution in [2.24, 2.45) is 0 Å². The zero-order chi connectivity index (χ0) is 16.8. The molecule has 2 aromatic rings. The Labute approximate surface area is 133 Å². The summed E-state index contributed by atoms with van der Waals surface area (Å²) >= 11 is 0. The number of non-ortho nitro benzene ring substituents is 1. The summed E-state index contributed by atoms with van der Waals surface area (Å²) in [5.74, 6) is 0.216. The van der Waals surface area contributed by atoms with Crippen LogP contribution < -0.4 is 10.1 Å². The van der Waals surface area contributed by atoms with Crippen LogP contribution in [0.25, 0.3) is 6.08 Å². The zero-order valence-corrected chi connectivity index (χ0v) is 12.8. The average molecular weight is 312 g/mol. The van der Waals surface area contributed by atoms with E-state index < -0.39 is 4.92 Å². The smallest absolute Gasteiger partial charge is 0.270 e. The van der Waals surface area contributed by atoms with Gasteiger partial charge in [0.2, 0.25) is 5.91 Å². The summed E-state index contributed by atoms with van der Waals surface area (Å²) in [5.41, 5.74) is 2.11. The van der Waals surface area contributed by atoms with Gasteiger partial charge in [0.15, 0.2) is 0 Å². The number of nitro groups is 1. The molecule has 0 radical (unpaired) electrons. The molecule has 0 fully saturated rings. The van der Waals surface area contributed by atoms with E-state index in [1.807, 2.05) is 13.0 Å². The molecular formula is C17H16N2O4. The topological polar surface area (TPSA) is 81.5 Å². The maximum absolute atomic E-state index is 12.0. The fourth-order valence-corrected chi connectivity index (χ4v) is 2.01. The third kappa shape index (κ3) is 4.41. The fourth-order valence-electron chi connectivity index (χ4n) is 2.01. The summed E-state index contributed by atoms with van der Waals surface area (Å²) < 4.78 is 5.19. The number of nitrogens with zero attached hydrogens (tertiary/aromatic N) is 1. The molecule has 0 aliphatic carbocycles. The normalized spacial score (nSPS) is 10.5. The number of benzene rings is 2. The second-order valence-electron chi connectivity index (χ2n) is 4.88. The van der Waals surface area contributed by atoms with Crippen LogP contribution in [0.2, 0.25) is 0 Å². The van der Waals surface area contributed by atoms with Crippen molar-refractivity contribution < 1.29 is 14.5 Å². The number of nitrogens with one attached hydrogen (secondary N) is 1. The molecule has 0 aliphatic rings. The Hall–Kier alpha value is -3.15. The van der Waals surface area contributed by atoms with E-state index in [4.69, 9.17) is 4.74 Å². The maximum atomic E-state index is 12.0. The van der Waals surface area contributed by atoms with E-state index in [-0.39, 0.29) is 11.6 Å². The van der Waals surface area contributed by atoms with Gasteiger partial charge in [-0.2, -0.15) is 0 Å². The monoisotopic (exact) mass is 312 g/mol. The molecule has 1 N–H and O–H groups in total. The van der Waals surface area contributed by atoms with E-state index in [2.05, 4.69) is 5.32 Å². The van der Waals surface area contributed by atoms with Gasteiger partial charge < -0.3 is 10.1 Å². The highest BCUT2D eigenvalue weighted by atomic mass is 16.6. The first kappa shape index (κ1) is 16.2. The lowest BCUT2D eigenvalue weighted by Crippen LogP contribution is -2.09. The number of nitro benzene ring substituents is 1. The third-order valence-electron chi connectivity index (χ3n) is 3.12. The Morgan fingerprint density at radius 1 is 1.26 bits per heavy atom. The Morgan fingerprint density at radius 2 is 2.04 bits per heavy atom. The van der Waals surface area contributed by atoms with Gasteiger partial charge in [-0.25, -0.2) is 0 Å². The van der Waals surface area contributed by atoms with Crippen LogP contribution in [-0.4, -0.2) is 17.9 Å². The van der Waals surface area contributed by atoms with Gasteiger partial charge >= 0.3 is 0 Å². The van der Waals surface area contributed by atoms with E-state index in [0.717, 1.165) is 5.56 Å². The lowest BCUT2D eigenvalue weighted by Gasteiger charge is -2.09. The summed E-state index contributed by atoms with van der Waals surface area (Å²) in [6.07, 6.45) is 2.84. The molecule has 6 nitrogen and oxygen atoms in total. The van der Waals surface area contributed by atoms with Gasteiger partial charge in [0.1, 0.15) is 5.75 Å². The Kier molecular flexibility index (Phi) is 5.09. The molecule has 0 bridgehead atoms. The Morgan fingerprint density at radius 3 is 2.74 bits per heavy atom.